The van der Waals surface area contributed by atoms with Crippen molar-refractivity contribution in [2.24, 2.45) is 0 Å². The van der Waals surface area contributed by atoms with Gasteiger partial charge in [0.2, 0.25) is 11.8 Å². The molecule has 1 aliphatic rings. The lowest BCUT2D eigenvalue weighted by Gasteiger charge is -2.25. The number of nitrogens with one attached hydrogen (secondary N) is 3. The summed E-state index contributed by atoms with van der Waals surface area (Å²) in [6, 6.07) is 15.0. The minimum absolute atomic E-state index is 0.0215. The van der Waals surface area contributed by atoms with E-state index < -0.39 is 5.97 Å². The summed E-state index contributed by atoms with van der Waals surface area (Å²) in [6.07, 6.45) is 0.539. The van der Waals surface area contributed by atoms with Gasteiger partial charge in [-0.1, -0.05) is 18.2 Å². The molecule has 0 radical (unpaired) electrons. The number of hydrogen-bond acceptors (Lipinski definition) is 8. The average Bonchev–Trinajstić information content (AvgIpc) is 3.29. The van der Waals surface area contributed by atoms with Crippen LogP contribution in [-0.4, -0.2) is 53.8 Å². The molecule has 0 unspecified atom stereocenters. The van der Waals surface area contributed by atoms with Crippen molar-refractivity contribution in [2.75, 3.05) is 42.0 Å². The van der Waals surface area contributed by atoms with E-state index >= 15 is 0 Å². The molecular formula is C28H30N4O5S3. The third kappa shape index (κ3) is 7.32. The summed E-state index contributed by atoms with van der Waals surface area (Å²) in [5, 5.41) is 10.0. The molecule has 2 amide bonds. The highest BCUT2D eigenvalue weighted by Crippen LogP contribution is 2.38. The van der Waals surface area contributed by atoms with Gasteiger partial charge in [0.05, 0.1) is 37.3 Å². The third-order valence-electron chi connectivity index (χ3n) is 6.05. The Labute approximate surface area is 246 Å². The number of rotatable bonds is 9. The van der Waals surface area contributed by atoms with Crippen molar-refractivity contribution in [3.8, 4) is 5.75 Å². The molecule has 0 atom stereocenters. The van der Waals surface area contributed by atoms with Crippen molar-refractivity contribution in [3.63, 3.8) is 0 Å². The van der Waals surface area contributed by atoms with Gasteiger partial charge in [-0.3, -0.25) is 9.59 Å². The highest BCUT2D eigenvalue weighted by molar-refractivity contribution is 8.00. The van der Waals surface area contributed by atoms with Crippen LogP contribution in [0.5, 0.6) is 5.75 Å². The summed E-state index contributed by atoms with van der Waals surface area (Å²) in [6.45, 7) is 4.44. The zero-order chi connectivity index (χ0) is 28.6. The number of benzene rings is 2. The Balaban J connectivity index is 1.39. The second kappa shape index (κ2) is 13.6. The Morgan fingerprint density at radius 3 is 2.65 bits per heavy atom. The van der Waals surface area contributed by atoms with Gasteiger partial charge in [0, 0.05) is 28.9 Å². The highest BCUT2D eigenvalue weighted by atomic mass is 32.2. The number of ether oxygens (including phenoxy) is 2. The molecule has 40 heavy (non-hydrogen) atoms. The van der Waals surface area contributed by atoms with Gasteiger partial charge in [-0.05, 0) is 61.5 Å². The topological polar surface area (TPSA) is 109 Å². The lowest BCUT2D eigenvalue weighted by Crippen LogP contribution is -2.34. The smallest absolute Gasteiger partial charge is 0.341 e. The maximum absolute atomic E-state index is 12.9. The first-order valence-corrected chi connectivity index (χ1v) is 14.8. The molecule has 2 heterocycles. The molecule has 4 rings (SSSR count). The molecule has 0 spiro atoms. The van der Waals surface area contributed by atoms with Crippen LogP contribution in [0.15, 0.2) is 53.4 Å². The molecule has 0 fully saturated rings. The Morgan fingerprint density at radius 2 is 1.90 bits per heavy atom. The van der Waals surface area contributed by atoms with Gasteiger partial charge in [-0.15, -0.1) is 23.1 Å². The molecule has 0 aliphatic carbocycles. The number of fused-ring (bicyclic) bond motifs is 1. The van der Waals surface area contributed by atoms with Crippen molar-refractivity contribution in [1.29, 1.82) is 0 Å². The number of nitrogens with zero attached hydrogens (tertiary/aromatic N) is 1. The van der Waals surface area contributed by atoms with Crippen LogP contribution in [0.2, 0.25) is 0 Å². The van der Waals surface area contributed by atoms with Crippen LogP contribution in [0.3, 0.4) is 0 Å². The molecule has 12 heteroatoms. The minimum atomic E-state index is -0.462. The van der Waals surface area contributed by atoms with Crippen molar-refractivity contribution < 1.29 is 23.9 Å². The molecule has 9 nitrogen and oxygen atoms in total. The SMILES string of the molecule is CCOC(=O)c1c(NC(=O)CSc2cccc(NC(=S)Nc3ccccc3OC)c2)sc2c1CCN(C(C)=O)C2. The van der Waals surface area contributed by atoms with E-state index in [1.807, 2.05) is 48.5 Å². The molecular weight excluding hydrogens is 569 g/mol. The summed E-state index contributed by atoms with van der Waals surface area (Å²) in [7, 11) is 1.60. The third-order valence-corrected chi connectivity index (χ3v) is 8.38. The fourth-order valence-corrected chi connectivity index (χ4v) is 6.44. The number of amides is 2. The van der Waals surface area contributed by atoms with Crippen LogP contribution in [0.4, 0.5) is 16.4 Å². The van der Waals surface area contributed by atoms with Gasteiger partial charge in [0.15, 0.2) is 5.11 Å². The summed E-state index contributed by atoms with van der Waals surface area (Å²) in [4.78, 5) is 41.1. The standard InChI is InChI=1S/C28H30N4O5S3/c1-4-37-27(35)25-20-12-13-32(17(2)33)15-23(20)40-26(25)31-24(34)16-39-19-9-7-8-18(14-19)29-28(38)30-21-10-5-6-11-22(21)36-3/h5-11,14H,4,12-13,15-16H2,1-3H3,(H,31,34)(H2,29,30,38). The van der Waals surface area contributed by atoms with Crippen molar-refractivity contribution in [1.82, 2.24) is 4.90 Å². The largest absolute Gasteiger partial charge is 0.495 e. The quantitative estimate of drug-likeness (QED) is 0.170. The highest BCUT2D eigenvalue weighted by Gasteiger charge is 2.30. The van der Waals surface area contributed by atoms with Crippen LogP contribution in [0, 0.1) is 0 Å². The summed E-state index contributed by atoms with van der Waals surface area (Å²) < 4.78 is 10.6. The van der Waals surface area contributed by atoms with Gasteiger partial charge in [0.1, 0.15) is 10.8 Å². The maximum Gasteiger partial charge on any atom is 0.341 e. The minimum Gasteiger partial charge on any atom is -0.495 e. The number of thiocarbonyl (C=S) groups is 1. The first-order valence-electron chi connectivity index (χ1n) is 12.6. The lowest BCUT2D eigenvalue weighted by atomic mass is 10.0. The first kappa shape index (κ1) is 29.4. The van der Waals surface area contributed by atoms with E-state index in [4.69, 9.17) is 21.7 Å². The van der Waals surface area contributed by atoms with Gasteiger partial charge < -0.3 is 30.3 Å². The Bertz CT molecular complexity index is 1420. The number of carbonyl (C=O) groups is 3. The number of carbonyl (C=O) groups excluding carboxylic acids is 3. The number of anilines is 3. The van der Waals surface area contributed by atoms with E-state index in [0.29, 0.717) is 40.9 Å². The average molecular weight is 599 g/mol. The molecule has 0 saturated heterocycles. The van der Waals surface area contributed by atoms with E-state index in [2.05, 4.69) is 16.0 Å². The molecule has 0 bridgehead atoms. The predicted octanol–water partition coefficient (Wildman–Crippen LogP) is 5.38. The first-order chi connectivity index (χ1) is 19.3. The number of para-hydroxylation sites is 2. The molecule has 3 aromatic rings. The van der Waals surface area contributed by atoms with E-state index in [-0.39, 0.29) is 24.2 Å². The van der Waals surface area contributed by atoms with Crippen LogP contribution in [0.25, 0.3) is 0 Å². The van der Waals surface area contributed by atoms with E-state index in [0.717, 1.165) is 26.7 Å². The van der Waals surface area contributed by atoms with Crippen LogP contribution < -0.4 is 20.7 Å². The Morgan fingerprint density at radius 1 is 1.10 bits per heavy atom. The molecule has 1 aromatic heterocycles. The van der Waals surface area contributed by atoms with Gasteiger partial charge in [-0.2, -0.15) is 0 Å². The van der Waals surface area contributed by atoms with E-state index in [1.165, 1.54) is 30.0 Å². The molecule has 1 aliphatic heterocycles. The number of hydrogen-bond donors (Lipinski definition) is 3. The summed E-state index contributed by atoms with van der Waals surface area (Å²) >= 11 is 8.14. The van der Waals surface area contributed by atoms with Crippen LogP contribution in [0.1, 0.15) is 34.6 Å². The number of thiophene rings is 1. The Kier molecular flexibility index (Phi) is 10.0. The van der Waals surface area contributed by atoms with Gasteiger partial charge >= 0.3 is 5.97 Å². The fourth-order valence-electron chi connectivity index (χ4n) is 4.19. The zero-order valence-electron chi connectivity index (χ0n) is 22.4. The molecule has 2 aromatic carbocycles. The van der Waals surface area contributed by atoms with Gasteiger partial charge in [0.25, 0.3) is 0 Å². The second-order valence-corrected chi connectivity index (χ2v) is 11.3. The number of methoxy groups -OCH3 is 1. The molecule has 0 saturated carbocycles. The Hall–Kier alpha value is -3.61. The van der Waals surface area contributed by atoms with Gasteiger partial charge in [-0.25, -0.2) is 4.79 Å². The maximum atomic E-state index is 12.9. The van der Waals surface area contributed by atoms with Crippen LogP contribution >= 0.6 is 35.3 Å². The monoisotopic (exact) mass is 598 g/mol. The molecule has 3 N–H and O–H groups in total. The zero-order valence-corrected chi connectivity index (χ0v) is 24.8. The second-order valence-electron chi connectivity index (χ2n) is 8.76. The summed E-state index contributed by atoms with van der Waals surface area (Å²) in [5.41, 5.74) is 2.76. The fraction of sp³-hybridized carbons (Fsp3) is 0.286. The number of thioether (sulfide) groups is 1. The number of esters is 1. The van der Waals surface area contributed by atoms with Crippen molar-refractivity contribution >= 4 is 74.6 Å². The van der Waals surface area contributed by atoms with E-state index in [1.54, 1.807) is 18.9 Å². The molecule has 210 valence electrons. The van der Waals surface area contributed by atoms with Crippen molar-refractivity contribution in [2.45, 2.75) is 31.7 Å². The van der Waals surface area contributed by atoms with Crippen LogP contribution in [-0.2, 0) is 27.3 Å². The van der Waals surface area contributed by atoms with Crippen molar-refractivity contribution in [3.05, 3.63) is 64.5 Å². The lowest BCUT2D eigenvalue weighted by molar-refractivity contribution is -0.129. The summed E-state index contributed by atoms with van der Waals surface area (Å²) in [5.74, 6) is 0.0836. The normalized spacial score (nSPS) is 12.2. The van der Waals surface area contributed by atoms with E-state index in [9.17, 15) is 14.4 Å². The predicted molar refractivity (Wildman–Crippen MR) is 164 cm³/mol.